The first-order valence-corrected chi connectivity index (χ1v) is 6.48. The topological polar surface area (TPSA) is 54.4 Å². The van der Waals surface area contributed by atoms with Crippen LogP contribution in [0.5, 0.6) is 0 Å². The van der Waals surface area contributed by atoms with Gasteiger partial charge in [-0.25, -0.2) is 0 Å². The Morgan fingerprint density at radius 2 is 2.00 bits per heavy atom. The Balaban J connectivity index is 1.98. The summed E-state index contributed by atoms with van der Waals surface area (Å²) >= 11 is 0. The largest absolute Gasteiger partial charge is 0.481 e. The van der Waals surface area contributed by atoms with Gasteiger partial charge in [0, 0.05) is 12.3 Å². The number of carbonyl (C=O) groups is 2. The van der Waals surface area contributed by atoms with Gasteiger partial charge in [-0.05, 0) is 36.8 Å². The van der Waals surface area contributed by atoms with E-state index >= 15 is 0 Å². The molecule has 0 radical (unpaired) electrons. The van der Waals surface area contributed by atoms with E-state index in [1.807, 2.05) is 24.3 Å². The van der Waals surface area contributed by atoms with E-state index < -0.39 is 11.4 Å². The molecule has 1 unspecified atom stereocenters. The molecule has 0 amide bonds. The van der Waals surface area contributed by atoms with Crippen molar-refractivity contribution < 1.29 is 14.7 Å². The monoisotopic (exact) mass is 244 g/mol. The molecule has 0 bridgehead atoms. The fourth-order valence-corrected chi connectivity index (χ4v) is 3.02. The Hall–Kier alpha value is -1.64. The Bertz CT molecular complexity index is 516. The lowest BCUT2D eigenvalue weighted by molar-refractivity contribution is -0.146. The summed E-state index contributed by atoms with van der Waals surface area (Å²) in [4.78, 5) is 23.7. The highest BCUT2D eigenvalue weighted by Crippen LogP contribution is 2.44. The molecule has 2 aliphatic carbocycles. The van der Waals surface area contributed by atoms with E-state index in [1.165, 1.54) is 0 Å². The molecule has 1 aromatic rings. The number of aryl methyl sites for hydroxylation is 1. The van der Waals surface area contributed by atoms with Crippen LogP contribution in [0.3, 0.4) is 0 Å². The molecule has 0 spiro atoms. The molecular formula is C15H16O3. The zero-order valence-electron chi connectivity index (χ0n) is 10.2. The van der Waals surface area contributed by atoms with E-state index in [2.05, 4.69) is 0 Å². The molecule has 0 heterocycles. The fourth-order valence-electron chi connectivity index (χ4n) is 3.02. The van der Waals surface area contributed by atoms with Crippen LogP contribution in [0.4, 0.5) is 0 Å². The molecule has 0 aliphatic heterocycles. The van der Waals surface area contributed by atoms with E-state index in [-0.39, 0.29) is 18.1 Å². The smallest absolute Gasteiger partial charge is 0.314 e. The van der Waals surface area contributed by atoms with Gasteiger partial charge in [-0.1, -0.05) is 24.3 Å². The van der Waals surface area contributed by atoms with Crippen LogP contribution in [0.15, 0.2) is 24.3 Å². The maximum absolute atomic E-state index is 12.0. The van der Waals surface area contributed by atoms with Gasteiger partial charge in [0.2, 0.25) is 0 Å². The van der Waals surface area contributed by atoms with Crippen LogP contribution in [-0.4, -0.2) is 16.9 Å². The SMILES string of the molecule is O=C(CC1(C(=O)O)CCc2ccccc21)C1CC1. The van der Waals surface area contributed by atoms with Crippen molar-refractivity contribution in [3.05, 3.63) is 35.4 Å². The van der Waals surface area contributed by atoms with Crippen molar-refractivity contribution in [2.75, 3.05) is 0 Å². The van der Waals surface area contributed by atoms with Gasteiger partial charge >= 0.3 is 5.97 Å². The average Bonchev–Trinajstić information content (AvgIpc) is 3.14. The van der Waals surface area contributed by atoms with Gasteiger partial charge in [0.15, 0.2) is 0 Å². The fraction of sp³-hybridized carbons (Fsp3) is 0.467. The molecule has 3 rings (SSSR count). The molecule has 94 valence electrons. The number of carbonyl (C=O) groups excluding carboxylic acids is 1. The molecule has 3 heteroatoms. The van der Waals surface area contributed by atoms with Crippen LogP contribution in [0, 0.1) is 5.92 Å². The average molecular weight is 244 g/mol. The minimum Gasteiger partial charge on any atom is -0.481 e. The first-order chi connectivity index (χ1) is 8.63. The molecule has 18 heavy (non-hydrogen) atoms. The molecular weight excluding hydrogens is 228 g/mol. The summed E-state index contributed by atoms with van der Waals surface area (Å²) in [6.45, 7) is 0. The number of carboxylic acids is 1. The summed E-state index contributed by atoms with van der Waals surface area (Å²) in [5.74, 6) is -0.579. The van der Waals surface area contributed by atoms with Crippen molar-refractivity contribution in [3.63, 3.8) is 0 Å². The lowest BCUT2D eigenvalue weighted by Gasteiger charge is -2.24. The molecule has 1 aromatic carbocycles. The maximum atomic E-state index is 12.0. The van der Waals surface area contributed by atoms with Crippen molar-refractivity contribution in [2.24, 2.45) is 5.92 Å². The van der Waals surface area contributed by atoms with Crippen molar-refractivity contribution in [1.29, 1.82) is 0 Å². The van der Waals surface area contributed by atoms with Gasteiger partial charge in [-0.2, -0.15) is 0 Å². The van der Waals surface area contributed by atoms with Crippen LogP contribution >= 0.6 is 0 Å². The van der Waals surface area contributed by atoms with Crippen molar-refractivity contribution >= 4 is 11.8 Å². The molecule has 1 fully saturated rings. The first kappa shape index (κ1) is 11.5. The number of ketones is 1. The number of carboxylic acid groups (broad SMARTS) is 1. The Morgan fingerprint density at radius 1 is 1.28 bits per heavy atom. The summed E-state index contributed by atoms with van der Waals surface area (Å²) in [5.41, 5.74) is 0.978. The second-order valence-electron chi connectivity index (χ2n) is 5.46. The van der Waals surface area contributed by atoms with E-state index in [1.54, 1.807) is 0 Å². The quantitative estimate of drug-likeness (QED) is 0.884. The van der Waals surface area contributed by atoms with Gasteiger partial charge < -0.3 is 5.11 Å². The Morgan fingerprint density at radius 3 is 2.67 bits per heavy atom. The number of benzene rings is 1. The van der Waals surface area contributed by atoms with Gasteiger partial charge in [-0.15, -0.1) is 0 Å². The van der Waals surface area contributed by atoms with Crippen LogP contribution in [0.25, 0.3) is 0 Å². The van der Waals surface area contributed by atoms with Crippen LogP contribution < -0.4 is 0 Å². The lowest BCUT2D eigenvalue weighted by atomic mass is 9.77. The predicted molar refractivity (Wildman–Crippen MR) is 66.4 cm³/mol. The highest BCUT2D eigenvalue weighted by Gasteiger charge is 2.48. The predicted octanol–water partition coefficient (Wildman–Crippen LogP) is 2.32. The van der Waals surface area contributed by atoms with Crippen molar-refractivity contribution in [2.45, 2.75) is 37.5 Å². The lowest BCUT2D eigenvalue weighted by Crippen LogP contribution is -2.36. The van der Waals surface area contributed by atoms with Crippen LogP contribution in [0.2, 0.25) is 0 Å². The van der Waals surface area contributed by atoms with Crippen molar-refractivity contribution in [3.8, 4) is 0 Å². The standard InChI is InChI=1S/C15H16O3/c16-13(11-5-6-11)9-15(14(17)18)8-7-10-3-1-2-4-12(10)15/h1-4,11H,5-9H2,(H,17,18). The summed E-state index contributed by atoms with van der Waals surface area (Å²) in [5, 5.41) is 9.61. The third-order valence-corrected chi connectivity index (χ3v) is 4.27. The number of hydrogen-bond donors (Lipinski definition) is 1. The van der Waals surface area contributed by atoms with Gasteiger partial charge in [0.25, 0.3) is 0 Å². The van der Waals surface area contributed by atoms with Gasteiger partial charge in [0.05, 0.1) is 0 Å². The van der Waals surface area contributed by atoms with Crippen LogP contribution in [0.1, 0.15) is 36.8 Å². The minimum absolute atomic E-state index is 0.133. The third-order valence-electron chi connectivity index (χ3n) is 4.27. The Labute approximate surface area is 106 Å². The normalized spacial score (nSPS) is 25.8. The van der Waals surface area contributed by atoms with Crippen LogP contribution in [-0.2, 0) is 21.4 Å². The van der Waals surface area contributed by atoms with Crippen molar-refractivity contribution in [1.82, 2.24) is 0 Å². The van der Waals surface area contributed by atoms with E-state index in [0.29, 0.717) is 6.42 Å². The van der Waals surface area contributed by atoms with E-state index in [0.717, 1.165) is 30.4 Å². The number of rotatable bonds is 4. The molecule has 3 nitrogen and oxygen atoms in total. The van der Waals surface area contributed by atoms with Gasteiger partial charge in [0.1, 0.15) is 11.2 Å². The van der Waals surface area contributed by atoms with E-state index in [9.17, 15) is 14.7 Å². The summed E-state index contributed by atoms with van der Waals surface area (Å²) in [6, 6.07) is 7.64. The molecule has 0 saturated heterocycles. The second kappa shape index (κ2) is 3.94. The number of Topliss-reactive ketones (excluding diaryl/α,β-unsaturated/α-hetero) is 1. The zero-order chi connectivity index (χ0) is 12.8. The highest BCUT2D eigenvalue weighted by molar-refractivity contribution is 5.93. The molecule has 1 N–H and O–H groups in total. The molecule has 1 atom stereocenters. The number of fused-ring (bicyclic) bond motifs is 1. The first-order valence-electron chi connectivity index (χ1n) is 6.48. The van der Waals surface area contributed by atoms with Gasteiger partial charge in [-0.3, -0.25) is 9.59 Å². The Kier molecular flexibility index (Phi) is 2.51. The third kappa shape index (κ3) is 1.65. The number of hydrogen-bond acceptors (Lipinski definition) is 2. The highest BCUT2D eigenvalue weighted by atomic mass is 16.4. The minimum atomic E-state index is -0.962. The zero-order valence-corrected chi connectivity index (χ0v) is 10.2. The van der Waals surface area contributed by atoms with E-state index in [4.69, 9.17) is 0 Å². The summed E-state index contributed by atoms with van der Waals surface area (Å²) < 4.78 is 0. The summed E-state index contributed by atoms with van der Waals surface area (Å²) in [7, 11) is 0. The second-order valence-corrected chi connectivity index (χ2v) is 5.46. The molecule has 2 aliphatic rings. The number of aliphatic carboxylic acids is 1. The molecule has 1 saturated carbocycles. The molecule has 0 aromatic heterocycles. The summed E-state index contributed by atoms with van der Waals surface area (Å²) in [6.07, 6.45) is 3.37. The maximum Gasteiger partial charge on any atom is 0.314 e.